The Labute approximate surface area is 117 Å². The van der Waals surface area contributed by atoms with Gasteiger partial charge in [0.25, 0.3) is 5.56 Å². The second-order valence-corrected chi connectivity index (χ2v) is 4.57. The number of hydrazone groups is 1. The molecule has 0 atom stereocenters. The van der Waals surface area contributed by atoms with Crippen molar-refractivity contribution in [3.8, 4) is 5.75 Å². The normalized spacial score (nSPS) is 12.2. The maximum absolute atomic E-state index is 12.6. The zero-order valence-electron chi connectivity index (χ0n) is 11.2. The lowest BCUT2D eigenvalue weighted by Crippen LogP contribution is -2.14. The highest BCUT2D eigenvalue weighted by Crippen LogP contribution is 2.33. The molecule has 1 aromatic heterocycles. The van der Waals surface area contributed by atoms with E-state index >= 15 is 0 Å². The molecule has 2 aromatic rings. The van der Waals surface area contributed by atoms with E-state index in [2.05, 4.69) is 10.1 Å². The van der Waals surface area contributed by atoms with Crippen molar-refractivity contribution in [2.75, 3.05) is 14.1 Å². The highest BCUT2D eigenvalue weighted by Gasteiger charge is 2.30. The van der Waals surface area contributed by atoms with Crippen LogP contribution in [0.1, 0.15) is 11.1 Å². The van der Waals surface area contributed by atoms with E-state index in [1.807, 2.05) is 0 Å². The van der Waals surface area contributed by atoms with Crippen LogP contribution in [0, 0.1) is 0 Å². The minimum atomic E-state index is -4.52. The van der Waals surface area contributed by atoms with E-state index in [1.54, 1.807) is 14.1 Å². The Morgan fingerprint density at radius 3 is 2.57 bits per heavy atom. The molecule has 0 aliphatic rings. The number of benzene rings is 1. The number of aromatic nitrogens is 1. The summed E-state index contributed by atoms with van der Waals surface area (Å²) < 4.78 is 37.9. The molecule has 0 amide bonds. The molecule has 21 heavy (non-hydrogen) atoms. The van der Waals surface area contributed by atoms with Gasteiger partial charge >= 0.3 is 6.18 Å². The molecule has 1 aromatic carbocycles. The number of rotatable bonds is 2. The van der Waals surface area contributed by atoms with E-state index < -0.39 is 23.0 Å². The van der Waals surface area contributed by atoms with Crippen molar-refractivity contribution in [2.45, 2.75) is 6.18 Å². The van der Waals surface area contributed by atoms with Gasteiger partial charge in [0.1, 0.15) is 11.3 Å². The van der Waals surface area contributed by atoms with Crippen LogP contribution >= 0.6 is 0 Å². The molecule has 0 saturated heterocycles. The second-order valence-electron chi connectivity index (χ2n) is 4.57. The van der Waals surface area contributed by atoms with E-state index in [9.17, 15) is 23.1 Å². The van der Waals surface area contributed by atoms with Gasteiger partial charge in [-0.2, -0.15) is 18.3 Å². The topological polar surface area (TPSA) is 68.7 Å². The van der Waals surface area contributed by atoms with Gasteiger partial charge in [-0.15, -0.1) is 0 Å². The number of pyridine rings is 1. The highest BCUT2D eigenvalue weighted by atomic mass is 19.4. The smallest absolute Gasteiger partial charge is 0.416 e. The van der Waals surface area contributed by atoms with Crippen LogP contribution in [0.5, 0.6) is 5.75 Å². The van der Waals surface area contributed by atoms with Gasteiger partial charge in [0, 0.05) is 19.5 Å². The summed E-state index contributed by atoms with van der Waals surface area (Å²) in [6.07, 6.45) is -3.38. The van der Waals surface area contributed by atoms with Crippen LogP contribution in [0.15, 0.2) is 28.1 Å². The number of H-pyrrole nitrogens is 1. The molecule has 112 valence electrons. The molecule has 8 heteroatoms. The van der Waals surface area contributed by atoms with Crippen molar-refractivity contribution in [3.05, 3.63) is 39.7 Å². The van der Waals surface area contributed by atoms with Gasteiger partial charge in [-0.1, -0.05) is 0 Å². The first kappa shape index (κ1) is 14.9. The number of aromatic hydroxyl groups is 1. The summed E-state index contributed by atoms with van der Waals surface area (Å²) in [5.41, 5.74) is -1.82. The molecule has 0 aliphatic heterocycles. The third-order valence-electron chi connectivity index (χ3n) is 2.77. The van der Waals surface area contributed by atoms with Crippen LogP contribution < -0.4 is 5.56 Å². The first-order valence-corrected chi connectivity index (χ1v) is 5.87. The van der Waals surface area contributed by atoms with Gasteiger partial charge in [-0.3, -0.25) is 4.79 Å². The molecule has 0 fully saturated rings. The van der Waals surface area contributed by atoms with Gasteiger partial charge in [-0.25, -0.2) is 0 Å². The molecule has 0 aliphatic carbocycles. The molecule has 2 N–H and O–H groups in total. The number of nitrogens with zero attached hydrogens (tertiary/aromatic N) is 2. The molecule has 5 nitrogen and oxygen atoms in total. The van der Waals surface area contributed by atoms with Gasteiger partial charge in [0.15, 0.2) is 0 Å². The predicted octanol–water partition coefficient (Wildman–Crippen LogP) is 2.15. The third kappa shape index (κ3) is 2.99. The van der Waals surface area contributed by atoms with E-state index in [0.29, 0.717) is 0 Å². The van der Waals surface area contributed by atoms with E-state index in [0.717, 1.165) is 24.4 Å². The lowest BCUT2D eigenvalue weighted by Gasteiger charge is -2.09. The SMILES string of the molecule is CN(C)N=Cc1c(O)c2ccc(C(F)(F)F)cc2[nH]c1=O. The van der Waals surface area contributed by atoms with E-state index in [4.69, 9.17) is 0 Å². The minimum absolute atomic E-state index is 0.0886. The average molecular weight is 299 g/mol. The summed E-state index contributed by atoms with van der Waals surface area (Å²) in [5, 5.41) is 15.4. The number of hydrogen-bond acceptors (Lipinski definition) is 4. The first-order valence-electron chi connectivity index (χ1n) is 5.87. The van der Waals surface area contributed by atoms with Gasteiger partial charge in [0.05, 0.1) is 17.3 Å². The number of hydrogen-bond donors (Lipinski definition) is 2. The second kappa shape index (κ2) is 5.12. The zero-order chi connectivity index (χ0) is 15.8. The Morgan fingerprint density at radius 1 is 1.33 bits per heavy atom. The first-order chi connectivity index (χ1) is 9.70. The number of fused-ring (bicyclic) bond motifs is 1. The van der Waals surface area contributed by atoms with Crippen LogP contribution in [-0.4, -0.2) is 35.4 Å². The monoisotopic (exact) mass is 299 g/mol. The van der Waals surface area contributed by atoms with Gasteiger partial charge in [-0.05, 0) is 18.2 Å². The lowest BCUT2D eigenvalue weighted by atomic mass is 10.1. The molecule has 0 spiro atoms. The van der Waals surface area contributed by atoms with Crippen molar-refractivity contribution < 1.29 is 18.3 Å². The number of alkyl halides is 3. The quantitative estimate of drug-likeness (QED) is 0.659. The lowest BCUT2D eigenvalue weighted by molar-refractivity contribution is -0.137. The van der Waals surface area contributed by atoms with Crippen molar-refractivity contribution >= 4 is 17.1 Å². The summed E-state index contributed by atoms with van der Waals surface area (Å²) in [6.45, 7) is 0. The Hall–Kier alpha value is -2.51. The zero-order valence-corrected chi connectivity index (χ0v) is 11.2. The predicted molar refractivity (Wildman–Crippen MR) is 72.5 cm³/mol. The largest absolute Gasteiger partial charge is 0.506 e. The van der Waals surface area contributed by atoms with Crippen molar-refractivity contribution in [3.63, 3.8) is 0 Å². The highest BCUT2D eigenvalue weighted by molar-refractivity contribution is 5.94. The Bertz CT molecular complexity index is 764. The molecular formula is C13H12F3N3O2. The average Bonchev–Trinajstić information content (AvgIpc) is 2.36. The van der Waals surface area contributed by atoms with Crippen molar-refractivity contribution in [1.82, 2.24) is 9.99 Å². The van der Waals surface area contributed by atoms with Crippen LogP contribution in [0.2, 0.25) is 0 Å². The third-order valence-corrected chi connectivity index (χ3v) is 2.77. The molecule has 2 rings (SSSR count). The summed E-state index contributed by atoms with van der Waals surface area (Å²) in [7, 11) is 3.25. The molecule has 1 heterocycles. The number of halogens is 3. The molecular weight excluding hydrogens is 287 g/mol. The fraction of sp³-hybridized carbons (Fsp3) is 0.231. The van der Waals surface area contributed by atoms with Crippen molar-refractivity contribution in [2.24, 2.45) is 5.10 Å². The maximum atomic E-state index is 12.6. The van der Waals surface area contributed by atoms with E-state index in [1.165, 1.54) is 5.01 Å². The summed E-state index contributed by atoms with van der Waals surface area (Å²) >= 11 is 0. The van der Waals surface area contributed by atoms with Crippen molar-refractivity contribution in [1.29, 1.82) is 0 Å². The fourth-order valence-electron chi connectivity index (χ4n) is 1.77. The van der Waals surface area contributed by atoms with E-state index in [-0.39, 0.29) is 16.5 Å². The van der Waals surface area contributed by atoms with Crippen LogP contribution in [0.25, 0.3) is 10.9 Å². The molecule has 0 bridgehead atoms. The fourth-order valence-corrected chi connectivity index (χ4v) is 1.77. The summed E-state index contributed by atoms with van der Waals surface area (Å²) in [4.78, 5) is 14.1. The molecule has 0 radical (unpaired) electrons. The van der Waals surface area contributed by atoms with Crippen LogP contribution in [0.3, 0.4) is 0 Å². The Morgan fingerprint density at radius 2 is 2.00 bits per heavy atom. The summed E-state index contributed by atoms with van der Waals surface area (Å²) in [5.74, 6) is -0.409. The standard InChI is InChI=1S/C13H12F3N3O2/c1-19(2)17-6-9-11(20)8-4-3-7(13(14,15)16)5-10(8)18-12(9)21/h3-6H,1-2H3,(H2,18,20,21). The van der Waals surface area contributed by atoms with Gasteiger partial charge < -0.3 is 15.1 Å². The molecule has 0 unspecified atom stereocenters. The summed E-state index contributed by atoms with van der Waals surface area (Å²) in [6, 6.07) is 2.73. The van der Waals surface area contributed by atoms with Crippen LogP contribution in [-0.2, 0) is 6.18 Å². The Kier molecular flexibility index (Phi) is 3.63. The maximum Gasteiger partial charge on any atom is 0.416 e. The minimum Gasteiger partial charge on any atom is -0.506 e. The van der Waals surface area contributed by atoms with Gasteiger partial charge in [0.2, 0.25) is 0 Å². The molecule has 0 saturated carbocycles. The van der Waals surface area contributed by atoms with Crippen LogP contribution in [0.4, 0.5) is 13.2 Å². The Balaban J connectivity index is 2.66. The number of aromatic amines is 1. The number of nitrogens with one attached hydrogen (secondary N) is 1.